The summed E-state index contributed by atoms with van der Waals surface area (Å²) in [6, 6.07) is 9.05. The first kappa shape index (κ1) is 18.3. The van der Waals surface area contributed by atoms with Gasteiger partial charge in [-0.25, -0.2) is 4.79 Å². The van der Waals surface area contributed by atoms with E-state index < -0.39 is 12.0 Å². The molecule has 1 rings (SSSR count). The molecular weight excluding hydrogens is 282 g/mol. The molecule has 0 bridgehead atoms. The number of rotatable bonds is 10. The minimum atomic E-state index is -0.441. The van der Waals surface area contributed by atoms with Gasteiger partial charge in [-0.1, -0.05) is 44.2 Å². The molecule has 3 atom stereocenters. The molecule has 5 heteroatoms. The Kier molecular flexibility index (Phi) is 8.40. The highest BCUT2D eigenvalue weighted by Crippen LogP contribution is 2.16. The van der Waals surface area contributed by atoms with Crippen LogP contribution in [0.3, 0.4) is 0 Å². The van der Waals surface area contributed by atoms with Crippen molar-refractivity contribution in [2.24, 2.45) is 11.8 Å². The van der Waals surface area contributed by atoms with Crippen molar-refractivity contribution in [3.63, 3.8) is 0 Å². The van der Waals surface area contributed by atoms with Gasteiger partial charge < -0.3 is 10.1 Å². The van der Waals surface area contributed by atoms with Gasteiger partial charge in [0.1, 0.15) is 18.9 Å². The van der Waals surface area contributed by atoms with Crippen molar-refractivity contribution in [3.8, 4) is 0 Å². The Morgan fingerprint density at radius 1 is 1.23 bits per heavy atom. The first-order valence-electron chi connectivity index (χ1n) is 7.56. The van der Waals surface area contributed by atoms with Gasteiger partial charge in [-0.05, 0) is 31.4 Å². The molecule has 0 spiro atoms. The number of hydrogen-bond donors (Lipinski definition) is 1. The molecule has 0 amide bonds. The topological polar surface area (TPSA) is 64.6 Å². The minimum absolute atomic E-state index is 0.00198. The average Bonchev–Trinajstić information content (AvgIpc) is 2.53. The Labute approximate surface area is 131 Å². The van der Waals surface area contributed by atoms with Crippen LogP contribution >= 0.6 is 0 Å². The highest BCUT2D eigenvalue weighted by Gasteiger charge is 2.22. The highest BCUT2D eigenvalue weighted by molar-refractivity contribution is 5.75. The predicted molar refractivity (Wildman–Crippen MR) is 83.8 cm³/mol. The first-order chi connectivity index (χ1) is 10.6. The third kappa shape index (κ3) is 6.83. The molecule has 0 aliphatic carbocycles. The molecule has 5 nitrogen and oxygen atoms in total. The zero-order chi connectivity index (χ0) is 16.4. The standard InChI is InChI=1S/C17H25NO4/c1-13(9-14(2)11-19)10-16(18-3)17(20)22-21-12-15-7-5-4-6-8-15/h4-8,11,13-14,16,18H,9-10,12H2,1-3H3/t13?,14?,16-/m0/s1. The molecule has 0 aliphatic heterocycles. The lowest BCUT2D eigenvalue weighted by Crippen LogP contribution is -2.37. The molecule has 122 valence electrons. The van der Waals surface area contributed by atoms with Crippen molar-refractivity contribution in [1.82, 2.24) is 5.32 Å². The molecule has 0 radical (unpaired) electrons. The molecule has 22 heavy (non-hydrogen) atoms. The Balaban J connectivity index is 2.35. The number of hydrogen-bond acceptors (Lipinski definition) is 5. The summed E-state index contributed by atoms with van der Waals surface area (Å²) in [6.07, 6.45) is 2.29. The summed E-state index contributed by atoms with van der Waals surface area (Å²) in [5, 5.41) is 2.93. The van der Waals surface area contributed by atoms with Gasteiger partial charge in [0.2, 0.25) is 0 Å². The van der Waals surface area contributed by atoms with Crippen molar-refractivity contribution in [1.29, 1.82) is 0 Å². The molecule has 1 aromatic rings. The van der Waals surface area contributed by atoms with Crippen LogP contribution in [0.2, 0.25) is 0 Å². The highest BCUT2D eigenvalue weighted by atomic mass is 17.2. The van der Waals surface area contributed by atoms with E-state index in [0.717, 1.165) is 18.3 Å². The second-order valence-corrected chi connectivity index (χ2v) is 5.68. The van der Waals surface area contributed by atoms with Gasteiger partial charge in [0.15, 0.2) is 0 Å². The largest absolute Gasteiger partial charge is 0.359 e. The summed E-state index contributed by atoms with van der Waals surface area (Å²) in [7, 11) is 1.71. The zero-order valence-corrected chi connectivity index (χ0v) is 13.5. The summed E-state index contributed by atoms with van der Waals surface area (Å²) in [5.74, 6) is -0.207. The predicted octanol–water partition coefficient (Wildman–Crippen LogP) is 2.50. The van der Waals surface area contributed by atoms with Crippen molar-refractivity contribution in [2.75, 3.05) is 7.05 Å². The van der Waals surface area contributed by atoms with Gasteiger partial charge >= 0.3 is 5.97 Å². The van der Waals surface area contributed by atoms with Crippen LogP contribution in [0, 0.1) is 11.8 Å². The summed E-state index contributed by atoms with van der Waals surface area (Å²) in [6.45, 7) is 4.11. The second kappa shape index (κ2) is 10.1. The molecule has 0 saturated carbocycles. The van der Waals surface area contributed by atoms with Gasteiger partial charge in [0.05, 0.1) is 0 Å². The number of carbonyl (C=O) groups is 2. The van der Waals surface area contributed by atoms with Crippen LogP contribution in [0.5, 0.6) is 0 Å². The lowest BCUT2D eigenvalue weighted by Gasteiger charge is -2.19. The van der Waals surface area contributed by atoms with Crippen molar-refractivity contribution < 1.29 is 19.4 Å². The van der Waals surface area contributed by atoms with Crippen molar-refractivity contribution in [3.05, 3.63) is 35.9 Å². The fourth-order valence-corrected chi connectivity index (χ4v) is 2.31. The van der Waals surface area contributed by atoms with Crippen molar-refractivity contribution in [2.45, 2.75) is 39.3 Å². The van der Waals surface area contributed by atoms with Crippen LogP contribution in [-0.2, 0) is 26.0 Å². The maximum Gasteiger partial charge on any atom is 0.359 e. The molecule has 0 aromatic heterocycles. The monoisotopic (exact) mass is 307 g/mol. The third-order valence-electron chi connectivity index (χ3n) is 3.49. The Hall–Kier alpha value is -1.72. The number of aldehydes is 1. The number of carbonyl (C=O) groups excluding carboxylic acids is 2. The second-order valence-electron chi connectivity index (χ2n) is 5.68. The maximum atomic E-state index is 12.0. The van der Waals surface area contributed by atoms with Crippen LogP contribution in [0.4, 0.5) is 0 Å². The Bertz CT molecular complexity index is 449. The van der Waals surface area contributed by atoms with Crippen LogP contribution in [0.15, 0.2) is 30.3 Å². The van der Waals surface area contributed by atoms with Gasteiger partial charge in [-0.2, -0.15) is 4.89 Å². The molecule has 0 fully saturated rings. The lowest BCUT2D eigenvalue weighted by molar-refractivity contribution is -0.281. The van der Waals surface area contributed by atoms with Gasteiger partial charge in [-0.15, -0.1) is 0 Å². The normalized spacial score (nSPS) is 14.9. The summed E-state index contributed by atoms with van der Waals surface area (Å²) >= 11 is 0. The number of likely N-dealkylation sites (N-methyl/N-ethyl adjacent to an activating group) is 1. The molecule has 0 heterocycles. The minimum Gasteiger partial charge on any atom is -0.307 e. The van der Waals surface area contributed by atoms with Crippen LogP contribution in [0.25, 0.3) is 0 Å². The molecule has 0 aliphatic rings. The van der Waals surface area contributed by atoms with E-state index in [1.54, 1.807) is 7.05 Å². The van der Waals surface area contributed by atoms with Crippen LogP contribution < -0.4 is 5.32 Å². The Morgan fingerprint density at radius 3 is 2.50 bits per heavy atom. The van der Waals surface area contributed by atoms with E-state index in [2.05, 4.69) is 5.32 Å². The van der Waals surface area contributed by atoms with E-state index >= 15 is 0 Å². The number of nitrogens with one attached hydrogen (secondary N) is 1. The van der Waals surface area contributed by atoms with Gasteiger partial charge in [0, 0.05) is 5.92 Å². The average molecular weight is 307 g/mol. The summed E-state index contributed by atoms with van der Waals surface area (Å²) < 4.78 is 0. The fourth-order valence-electron chi connectivity index (χ4n) is 2.31. The van der Waals surface area contributed by atoms with E-state index in [-0.39, 0.29) is 18.4 Å². The first-order valence-corrected chi connectivity index (χ1v) is 7.56. The molecular formula is C17H25NO4. The molecule has 2 unspecified atom stereocenters. The van der Waals surface area contributed by atoms with Gasteiger partial charge in [0.25, 0.3) is 0 Å². The van der Waals surface area contributed by atoms with Gasteiger partial charge in [-0.3, -0.25) is 4.89 Å². The molecule has 0 saturated heterocycles. The zero-order valence-electron chi connectivity index (χ0n) is 13.5. The quantitative estimate of drug-likeness (QED) is 0.409. The summed E-state index contributed by atoms with van der Waals surface area (Å²) in [4.78, 5) is 32.5. The fraction of sp³-hybridized carbons (Fsp3) is 0.529. The van der Waals surface area contributed by atoms with E-state index in [0.29, 0.717) is 6.42 Å². The summed E-state index contributed by atoms with van der Waals surface area (Å²) in [5.41, 5.74) is 0.935. The maximum absolute atomic E-state index is 12.0. The third-order valence-corrected chi connectivity index (χ3v) is 3.49. The van der Waals surface area contributed by atoms with E-state index in [1.165, 1.54) is 0 Å². The molecule has 1 N–H and O–H groups in total. The Morgan fingerprint density at radius 2 is 1.91 bits per heavy atom. The van der Waals surface area contributed by atoms with Crippen LogP contribution in [0.1, 0.15) is 32.3 Å². The van der Waals surface area contributed by atoms with Crippen LogP contribution in [-0.4, -0.2) is 25.3 Å². The number of benzene rings is 1. The molecule has 1 aromatic carbocycles. The smallest absolute Gasteiger partial charge is 0.307 e. The lowest BCUT2D eigenvalue weighted by atomic mass is 9.92. The van der Waals surface area contributed by atoms with E-state index in [9.17, 15) is 9.59 Å². The van der Waals surface area contributed by atoms with E-state index in [1.807, 2.05) is 44.2 Å². The van der Waals surface area contributed by atoms with Crippen molar-refractivity contribution >= 4 is 12.3 Å². The SMILES string of the molecule is CN[C@@H](CC(C)CC(C)C=O)C(=O)OOCc1ccccc1. The van der Waals surface area contributed by atoms with E-state index in [4.69, 9.17) is 9.78 Å².